The van der Waals surface area contributed by atoms with E-state index in [1.165, 1.54) is 7.11 Å². The molecule has 2 fully saturated rings. The average Bonchev–Trinajstić information content (AvgIpc) is 2.87. The molecule has 3 aliphatic rings. The van der Waals surface area contributed by atoms with Crippen LogP contribution < -0.4 is 0 Å². The van der Waals surface area contributed by atoms with Gasteiger partial charge < -0.3 is 19.3 Å². The van der Waals surface area contributed by atoms with Crippen LogP contribution in [-0.2, 0) is 23.8 Å². The lowest BCUT2D eigenvalue weighted by Gasteiger charge is -2.60. The van der Waals surface area contributed by atoms with Gasteiger partial charge >= 0.3 is 11.9 Å². The minimum absolute atomic E-state index is 0.0873. The number of fused-ring (bicyclic) bond motifs is 2. The van der Waals surface area contributed by atoms with Gasteiger partial charge in [0.1, 0.15) is 6.10 Å². The Morgan fingerprint density at radius 3 is 2.67 bits per heavy atom. The fourth-order valence-electron chi connectivity index (χ4n) is 4.97. The first-order chi connectivity index (χ1) is 12.5. The van der Waals surface area contributed by atoms with Gasteiger partial charge in [0.05, 0.1) is 5.60 Å². The van der Waals surface area contributed by atoms with Crippen molar-refractivity contribution < 1.29 is 28.9 Å². The van der Waals surface area contributed by atoms with Gasteiger partial charge in [0.2, 0.25) is 5.79 Å². The number of methoxy groups -OCH3 is 1. The Morgan fingerprint density at radius 2 is 2.07 bits per heavy atom. The van der Waals surface area contributed by atoms with Crippen molar-refractivity contribution in [3.63, 3.8) is 0 Å². The monoisotopic (exact) mass is 378 g/mol. The van der Waals surface area contributed by atoms with Crippen molar-refractivity contribution >= 4 is 11.9 Å². The second kappa shape index (κ2) is 6.45. The van der Waals surface area contributed by atoms with Crippen LogP contribution in [0.1, 0.15) is 60.3 Å². The molecule has 0 bridgehead atoms. The topological polar surface area (TPSA) is 82.1 Å². The molecular formula is C21H30O6. The second-order valence-electron chi connectivity index (χ2n) is 8.50. The highest BCUT2D eigenvalue weighted by atomic mass is 16.7. The lowest BCUT2D eigenvalue weighted by molar-refractivity contribution is -0.266. The molecule has 1 N–H and O–H groups in total. The highest BCUT2D eigenvalue weighted by Gasteiger charge is 2.66. The summed E-state index contributed by atoms with van der Waals surface area (Å²) >= 11 is 0. The van der Waals surface area contributed by atoms with Gasteiger partial charge in [0, 0.05) is 41.6 Å². The zero-order valence-corrected chi connectivity index (χ0v) is 17.0. The molecule has 1 aliphatic heterocycles. The quantitative estimate of drug-likeness (QED) is 0.600. The van der Waals surface area contributed by atoms with Crippen LogP contribution in [-0.4, -0.2) is 41.6 Å². The average molecular weight is 378 g/mol. The number of hydrogen-bond donors (Lipinski definition) is 1. The van der Waals surface area contributed by atoms with Crippen molar-refractivity contribution in [2.24, 2.45) is 11.3 Å². The lowest BCUT2D eigenvalue weighted by atomic mass is 9.50. The van der Waals surface area contributed by atoms with Crippen molar-refractivity contribution in [1.82, 2.24) is 0 Å². The first-order valence-electron chi connectivity index (χ1n) is 9.58. The maximum Gasteiger partial charge on any atom is 0.336 e. The van der Waals surface area contributed by atoms with E-state index in [1.807, 2.05) is 13.8 Å². The molecular weight excluding hydrogens is 348 g/mol. The first kappa shape index (κ1) is 20.1. The predicted molar refractivity (Wildman–Crippen MR) is 98.5 cm³/mol. The Kier molecular flexibility index (Phi) is 4.80. The molecule has 3 rings (SSSR count). The van der Waals surface area contributed by atoms with Crippen molar-refractivity contribution in [3.8, 4) is 0 Å². The summed E-state index contributed by atoms with van der Waals surface area (Å²) in [5.41, 5.74) is 0.285. The van der Waals surface area contributed by atoms with E-state index in [9.17, 15) is 14.7 Å². The summed E-state index contributed by atoms with van der Waals surface area (Å²) in [6.45, 7) is 9.31. The molecule has 0 aromatic carbocycles. The number of rotatable bonds is 3. The highest BCUT2D eigenvalue weighted by Crippen LogP contribution is 2.62. The van der Waals surface area contributed by atoms with Crippen LogP contribution in [0.4, 0.5) is 0 Å². The lowest BCUT2D eigenvalue weighted by Crippen LogP contribution is -2.64. The van der Waals surface area contributed by atoms with Gasteiger partial charge in [-0.2, -0.15) is 0 Å². The predicted octanol–water partition coefficient (Wildman–Crippen LogP) is 3.04. The van der Waals surface area contributed by atoms with Gasteiger partial charge in [-0.1, -0.05) is 19.9 Å². The molecule has 2 saturated carbocycles. The Hall–Kier alpha value is -1.66. The molecule has 5 atom stereocenters. The van der Waals surface area contributed by atoms with E-state index in [4.69, 9.17) is 14.2 Å². The van der Waals surface area contributed by atoms with Crippen molar-refractivity contribution in [2.45, 2.75) is 77.8 Å². The summed E-state index contributed by atoms with van der Waals surface area (Å²) in [6.07, 6.45) is 3.12. The molecule has 2 aliphatic carbocycles. The number of allylic oxidation sites excluding steroid dienone is 1. The molecule has 150 valence electrons. The Balaban J connectivity index is 1.95. The number of esters is 2. The summed E-state index contributed by atoms with van der Waals surface area (Å²) in [4.78, 5) is 24.5. The van der Waals surface area contributed by atoms with Gasteiger partial charge in [0.15, 0.2) is 0 Å². The SMILES string of the molecule is CC=C(C)C(=O)OC1CCC2(O)CC3(OC)OC(=O)C(C)=C3CC2(C)C1C. The van der Waals surface area contributed by atoms with Crippen LogP contribution in [0.5, 0.6) is 0 Å². The maximum absolute atomic E-state index is 12.3. The van der Waals surface area contributed by atoms with Crippen molar-refractivity contribution in [3.05, 3.63) is 22.8 Å². The number of carbonyl (C=O) groups is 2. The van der Waals surface area contributed by atoms with Crippen LogP contribution >= 0.6 is 0 Å². The standard InChI is InChI=1S/C21H30O6/c1-7-12(2)17(22)26-16-8-9-20(24)11-21(25-6)15(13(3)18(23)27-21)10-19(20,5)14(16)4/h7,14,16,24H,8-11H2,1-6H3. The third-order valence-electron chi connectivity index (χ3n) is 7.36. The van der Waals surface area contributed by atoms with Gasteiger partial charge in [-0.25, -0.2) is 9.59 Å². The summed E-state index contributed by atoms with van der Waals surface area (Å²) in [5, 5.41) is 11.6. The zero-order chi connectivity index (χ0) is 20.2. The molecule has 0 aromatic heterocycles. The molecule has 6 nitrogen and oxygen atoms in total. The minimum Gasteiger partial charge on any atom is -0.459 e. The Morgan fingerprint density at radius 1 is 1.41 bits per heavy atom. The van der Waals surface area contributed by atoms with E-state index in [-0.39, 0.29) is 24.4 Å². The van der Waals surface area contributed by atoms with E-state index in [0.29, 0.717) is 30.4 Å². The van der Waals surface area contributed by atoms with Crippen molar-refractivity contribution in [2.75, 3.05) is 7.11 Å². The molecule has 0 spiro atoms. The van der Waals surface area contributed by atoms with Gasteiger partial charge in [-0.05, 0) is 40.0 Å². The molecule has 5 unspecified atom stereocenters. The minimum atomic E-state index is -1.18. The first-order valence-corrected chi connectivity index (χ1v) is 9.58. The third kappa shape index (κ3) is 2.76. The number of carbonyl (C=O) groups excluding carboxylic acids is 2. The molecule has 0 saturated heterocycles. The van der Waals surface area contributed by atoms with E-state index >= 15 is 0 Å². The van der Waals surface area contributed by atoms with Gasteiger partial charge in [-0.15, -0.1) is 0 Å². The van der Waals surface area contributed by atoms with E-state index in [1.54, 1.807) is 26.8 Å². The molecule has 0 radical (unpaired) electrons. The van der Waals surface area contributed by atoms with E-state index in [0.717, 1.165) is 5.57 Å². The molecule has 1 heterocycles. The summed E-state index contributed by atoms with van der Waals surface area (Å²) in [6, 6.07) is 0. The number of aliphatic hydroxyl groups is 1. The normalized spacial score (nSPS) is 41.7. The number of ether oxygens (including phenoxy) is 3. The highest BCUT2D eigenvalue weighted by molar-refractivity contribution is 5.92. The fourth-order valence-corrected chi connectivity index (χ4v) is 4.97. The van der Waals surface area contributed by atoms with E-state index < -0.39 is 22.8 Å². The zero-order valence-electron chi connectivity index (χ0n) is 17.0. The van der Waals surface area contributed by atoms with Crippen LogP contribution in [0.2, 0.25) is 0 Å². The summed E-state index contributed by atoms with van der Waals surface area (Å²) < 4.78 is 16.9. The molecule has 6 heteroatoms. The smallest absolute Gasteiger partial charge is 0.336 e. The van der Waals surface area contributed by atoms with Gasteiger partial charge in [-0.3, -0.25) is 0 Å². The van der Waals surface area contributed by atoms with Crippen molar-refractivity contribution in [1.29, 1.82) is 0 Å². The largest absolute Gasteiger partial charge is 0.459 e. The summed E-state index contributed by atoms with van der Waals surface area (Å²) in [5.74, 6) is -1.98. The Bertz CT molecular complexity index is 737. The number of hydrogen-bond acceptors (Lipinski definition) is 6. The fraction of sp³-hybridized carbons (Fsp3) is 0.714. The van der Waals surface area contributed by atoms with E-state index in [2.05, 4.69) is 0 Å². The van der Waals surface area contributed by atoms with Gasteiger partial charge in [0.25, 0.3) is 0 Å². The Labute approximate surface area is 160 Å². The maximum atomic E-state index is 12.3. The molecule has 27 heavy (non-hydrogen) atoms. The van der Waals surface area contributed by atoms with Crippen LogP contribution in [0.15, 0.2) is 22.8 Å². The molecule has 0 aromatic rings. The van der Waals surface area contributed by atoms with Crippen LogP contribution in [0, 0.1) is 11.3 Å². The third-order valence-corrected chi connectivity index (χ3v) is 7.36. The van der Waals surface area contributed by atoms with Crippen LogP contribution in [0.25, 0.3) is 0 Å². The summed E-state index contributed by atoms with van der Waals surface area (Å²) in [7, 11) is 1.51. The molecule has 0 amide bonds. The van der Waals surface area contributed by atoms with Crippen LogP contribution in [0.3, 0.4) is 0 Å². The second-order valence-corrected chi connectivity index (χ2v) is 8.50.